The predicted molar refractivity (Wildman–Crippen MR) is 124 cm³/mol. The van der Waals surface area contributed by atoms with Gasteiger partial charge in [0.2, 0.25) is 15.9 Å². The molecule has 5 nitrogen and oxygen atoms in total. The second-order valence-corrected chi connectivity index (χ2v) is 11.4. The number of rotatable bonds is 5. The normalized spacial score (nSPS) is 28.4. The van der Waals surface area contributed by atoms with Gasteiger partial charge < -0.3 is 4.90 Å². The van der Waals surface area contributed by atoms with E-state index in [0.29, 0.717) is 25.7 Å². The molecule has 2 unspecified atom stereocenters. The number of hydrogen-bond acceptors (Lipinski definition) is 3. The maximum absolute atomic E-state index is 13.4. The monoisotopic (exact) mass is 496 g/mol. The first-order chi connectivity index (χ1) is 16.1. The summed E-state index contributed by atoms with van der Waals surface area (Å²) in [6, 6.07) is 9.86. The van der Waals surface area contributed by atoms with Gasteiger partial charge in [-0.25, -0.2) is 13.1 Å². The third-order valence-corrected chi connectivity index (χ3v) is 8.97. The smallest absolute Gasteiger partial charge is 0.335 e. The number of hydrogen-bond donors (Lipinski definition) is 1. The molecule has 1 amide bonds. The second kappa shape index (κ2) is 10.2. The van der Waals surface area contributed by atoms with Crippen LogP contribution in [0.1, 0.15) is 63.0 Å². The molecule has 4 rings (SSSR count). The molecular formula is C25H31F3N2O3S. The molecule has 0 spiro atoms. The molecule has 1 aliphatic heterocycles. The molecule has 186 valence electrons. The summed E-state index contributed by atoms with van der Waals surface area (Å²) < 4.78 is 66.5. The van der Waals surface area contributed by atoms with Gasteiger partial charge in [-0.1, -0.05) is 48.6 Å². The predicted octanol–water partition coefficient (Wildman–Crippen LogP) is 5.04. The van der Waals surface area contributed by atoms with Crippen LogP contribution in [0.2, 0.25) is 0 Å². The Labute approximate surface area is 199 Å². The van der Waals surface area contributed by atoms with Crippen molar-refractivity contribution < 1.29 is 26.4 Å². The van der Waals surface area contributed by atoms with Gasteiger partial charge in [0.15, 0.2) is 0 Å². The molecule has 1 saturated carbocycles. The standard InChI is InChI=1S/C25H31F3N2O3S/c26-25(27,28)20-11-15-22(16-12-20)34(32,33)29-21-13-9-19(10-14-21)24(31)30-17-5-4-8-23(30)18-6-2-1-3-7-18/h1-3,6-7,11-12,15,19,21-23,29H,4-5,8-10,13-14,16-17H2. The van der Waals surface area contributed by atoms with Crippen LogP contribution in [0.5, 0.6) is 0 Å². The van der Waals surface area contributed by atoms with E-state index in [9.17, 15) is 26.4 Å². The summed E-state index contributed by atoms with van der Waals surface area (Å²) in [6.07, 6.45) is 3.51. The molecule has 2 aliphatic carbocycles. The Morgan fingerprint density at radius 1 is 1.00 bits per heavy atom. The number of nitrogens with zero attached hydrogens (tertiary/aromatic N) is 1. The highest BCUT2D eigenvalue weighted by atomic mass is 32.2. The summed E-state index contributed by atoms with van der Waals surface area (Å²) in [7, 11) is -3.80. The lowest BCUT2D eigenvalue weighted by molar-refractivity contribution is -0.140. The molecule has 1 heterocycles. The molecule has 9 heteroatoms. The molecule has 1 saturated heterocycles. The van der Waals surface area contributed by atoms with Crippen LogP contribution in [0, 0.1) is 5.92 Å². The van der Waals surface area contributed by atoms with Crippen LogP contribution in [0.25, 0.3) is 0 Å². The highest BCUT2D eigenvalue weighted by molar-refractivity contribution is 7.90. The van der Waals surface area contributed by atoms with Gasteiger partial charge in [0.25, 0.3) is 0 Å². The van der Waals surface area contributed by atoms with Crippen molar-refractivity contribution in [1.82, 2.24) is 9.62 Å². The van der Waals surface area contributed by atoms with Gasteiger partial charge in [0, 0.05) is 18.5 Å². The molecule has 3 aliphatic rings. The number of likely N-dealkylation sites (tertiary alicyclic amines) is 1. The van der Waals surface area contributed by atoms with Crippen molar-refractivity contribution in [3.8, 4) is 0 Å². The Morgan fingerprint density at radius 2 is 1.71 bits per heavy atom. The highest BCUT2D eigenvalue weighted by Gasteiger charge is 2.38. The van der Waals surface area contributed by atoms with Crippen LogP contribution in [-0.2, 0) is 14.8 Å². The van der Waals surface area contributed by atoms with E-state index in [2.05, 4.69) is 16.9 Å². The summed E-state index contributed by atoms with van der Waals surface area (Å²) >= 11 is 0. The number of halogens is 3. The molecule has 2 fully saturated rings. The molecule has 1 aromatic carbocycles. The van der Waals surface area contributed by atoms with Crippen LogP contribution >= 0.6 is 0 Å². The largest absolute Gasteiger partial charge is 0.416 e. The van der Waals surface area contributed by atoms with E-state index in [4.69, 9.17) is 0 Å². The molecule has 0 aromatic heterocycles. The number of sulfonamides is 1. The first-order valence-electron chi connectivity index (χ1n) is 12.0. The van der Waals surface area contributed by atoms with E-state index in [1.165, 1.54) is 0 Å². The van der Waals surface area contributed by atoms with Crippen LogP contribution in [-0.4, -0.2) is 43.2 Å². The SMILES string of the molecule is O=C(C1CCC(NS(=O)(=O)C2C=CC(C(F)(F)F)=CC2)CC1)N1CCCCC1c1ccccc1. The number of alkyl halides is 3. The van der Waals surface area contributed by atoms with E-state index in [0.717, 1.165) is 49.6 Å². The number of carbonyl (C=O) groups excluding carboxylic acids is 1. The third-order valence-electron chi connectivity index (χ3n) is 7.16. The van der Waals surface area contributed by atoms with Gasteiger partial charge in [-0.15, -0.1) is 0 Å². The number of benzene rings is 1. The maximum atomic E-state index is 13.4. The first-order valence-corrected chi connectivity index (χ1v) is 13.5. The van der Waals surface area contributed by atoms with Gasteiger partial charge in [0.05, 0.1) is 16.9 Å². The zero-order valence-corrected chi connectivity index (χ0v) is 19.8. The van der Waals surface area contributed by atoms with E-state index in [-0.39, 0.29) is 30.3 Å². The van der Waals surface area contributed by atoms with E-state index < -0.39 is 27.0 Å². The summed E-state index contributed by atoms with van der Waals surface area (Å²) in [5, 5.41) is -1.02. The minimum absolute atomic E-state index is 0.0893. The average molecular weight is 497 g/mol. The minimum Gasteiger partial charge on any atom is -0.335 e. The molecule has 0 bridgehead atoms. The zero-order chi connectivity index (χ0) is 24.3. The van der Waals surface area contributed by atoms with Crippen molar-refractivity contribution >= 4 is 15.9 Å². The summed E-state index contributed by atoms with van der Waals surface area (Å²) in [6.45, 7) is 0.742. The maximum Gasteiger partial charge on any atom is 0.416 e. The topological polar surface area (TPSA) is 66.5 Å². The second-order valence-electron chi connectivity index (χ2n) is 9.46. The average Bonchev–Trinajstić information content (AvgIpc) is 2.84. The van der Waals surface area contributed by atoms with Crippen molar-refractivity contribution in [3.63, 3.8) is 0 Å². The number of carbonyl (C=O) groups is 1. The van der Waals surface area contributed by atoms with Gasteiger partial charge in [0.1, 0.15) is 0 Å². The lowest BCUT2D eigenvalue weighted by Gasteiger charge is -2.39. The Morgan fingerprint density at radius 3 is 2.32 bits per heavy atom. The van der Waals surface area contributed by atoms with Gasteiger partial charge >= 0.3 is 6.18 Å². The Balaban J connectivity index is 1.32. The third kappa shape index (κ3) is 5.74. The van der Waals surface area contributed by atoms with Crippen molar-refractivity contribution in [2.24, 2.45) is 5.92 Å². The fourth-order valence-corrected chi connectivity index (χ4v) is 6.78. The van der Waals surface area contributed by atoms with Crippen molar-refractivity contribution in [1.29, 1.82) is 0 Å². The van der Waals surface area contributed by atoms with Gasteiger partial charge in [-0.3, -0.25) is 4.79 Å². The quantitative estimate of drug-likeness (QED) is 0.622. The first kappa shape index (κ1) is 25.0. The minimum atomic E-state index is -4.47. The summed E-state index contributed by atoms with van der Waals surface area (Å²) in [5.74, 6) is 0.0202. The fraction of sp³-hybridized carbons (Fsp3) is 0.560. The molecule has 2 atom stereocenters. The molecule has 34 heavy (non-hydrogen) atoms. The Kier molecular flexibility index (Phi) is 7.52. The summed E-state index contributed by atoms with van der Waals surface area (Å²) in [5.41, 5.74) is 0.338. The number of allylic oxidation sites excluding steroid dienone is 3. The number of nitrogens with one attached hydrogen (secondary N) is 1. The van der Waals surface area contributed by atoms with E-state index in [1.54, 1.807) is 0 Å². The number of amides is 1. The van der Waals surface area contributed by atoms with E-state index in [1.807, 2.05) is 23.1 Å². The summed E-state index contributed by atoms with van der Waals surface area (Å²) in [4.78, 5) is 15.4. The molecule has 0 radical (unpaired) electrons. The molecule has 1 aromatic rings. The van der Waals surface area contributed by atoms with Crippen LogP contribution in [0.15, 0.2) is 54.1 Å². The van der Waals surface area contributed by atoms with Crippen molar-refractivity contribution in [2.45, 2.75) is 74.9 Å². The van der Waals surface area contributed by atoms with Crippen LogP contribution in [0.3, 0.4) is 0 Å². The molecular weight excluding hydrogens is 465 g/mol. The lowest BCUT2D eigenvalue weighted by Crippen LogP contribution is -2.46. The van der Waals surface area contributed by atoms with Gasteiger partial charge in [-0.2, -0.15) is 13.2 Å². The van der Waals surface area contributed by atoms with Crippen LogP contribution in [0.4, 0.5) is 13.2 Å². The fourth-order valence-electron chi connectivity index (χ4n) is 5.27. The lowest BCUT2D eigenvalue weighted by atomic mass is 9.84. The van der Waals surface area contributed by atoms with E-state index >= 15 is 0 Å². The van der Waals surface area contributed by atoms with Crippen LogP contribution < -0.4 is 4.72 Å². The van der Waals surface area contributed by atoms with Crippen molar-refractivity contribution in [2.75, 3.05) is 6.54 Å². The molecule has 1 N–H and O–H groups in total. The zero-order valence-electron chi connectivity index (χ0n) is 19.0. The van der Waals surface area contributed by atoms with Crippen molar-refractivity contribution in [3.05, 3.63) is 59.7 Å². The Bertz CT molecular complexity index is 1030. The Hall–Kier alpha value is -2.13. The van der Waals surface area contributed by atoms with Gasteiger partial charge in [-0.05, 0) is 56.9 Å². The highest BCUT2D eigenvalue weighted by Crippen LogP contribution is 2.35. The number of piperidine rings is 1.